The van der Waals surface area contributed by atoms with Crippen molar-refractivity contribution in [2.24, 2.45) is 0 Å². The number of ether oxygens (including phenoxy) is 2. The van der Waals surface area contributed by atoms with E-state index >= 15 is 0 Å². The van der Waals surface area contributed by atoms with E-state index in [0.717, 1.165) is 0 Å². The molecule has 2 heterocycles. The van der Waals surface area contributed by atoms with Crippen molar-refractivity contribution >= 4 is 15.9 Å². The van der Waals surface area contributed by atoms with E-state index in [1.54, 1.807) is 19.1 Å². The molecule has 2 aliphatic rings. The van der Waals surface area contributed by atoms with Gasteiger partial charge in [-0.15, -0.1) is 0 Å². The third-order valence-corrected chi connectivity index (χ3v) is 5.78. The molecule has 2 aliphatic heterocycles. The van der Waals surface area contributed by atoms with Crippen molar-refractivity contribution in [3.8, 4) is 11.5 Å². The smallest absolute Gasteiger partial charge is 0.247 e. The van der Waals surface area contributed by atoms with Crippen molar-refractivity contribution in [1.82, 2.24) is 9.62 Å². The van der Waals surface area contributed by atoms with E-state index in [1.807, 2.05) is 0 Å². The zero-order valence-electron chi connectivity index (χ0n) is 12.2. The Morgan fingerprint density at radius 1 is 1.27 bits per heavy atom. The summed E-state index contributed by atoms with van der Waals surface area (Å²) in [5.41, 5.74) is 0. The Labute approximate surface area is 129 Å². The Kier molecular flexibility index (Phi) is 3.96. The van der Waals surface area contributed by atoms with Crippen LogP contribution in [0.1, 0.15) is 13.3 Å². The van der Waals surface area contributed by atoms with Crippen LogP contribution in [0.25, 0.3) is 0 Å². The number of nitrogens with zero attached hydrogens (tertiary/aromatic N) is 1. The van der Waals surface area contributed by atoms with Crippen LogP contribution in [0, 0.1) is 0 Å². The Morgan fingerprint density at radius 3 is 2.86 bits per heavy atom. The number of hydrogen-bond acceptors (Lipinski definition) is 5. The van der Waals surface area contributed by atoms with Gasteiger partial charge in [0.05, 0.1) is 0 Å². The number of nitrogens with one attached hydrogen (secondary N) is 1. The monoisotopic (exact) mass is 326 g/mol. The minimum atomic E-state index is -3.76. The number of amides is 1. The van der Waals surface area contributed by atoms with Gasteiger partial charge in [-0.25, -0.2) is 8.42 Å². The van der Waals surface area contributed by atoms with Crippen molar-refractivity contribution < 1.29 is 22.7 Å². The van der Waals surface area contributed by atoms with E-state index in [4.69, 9.17) is 9.47 Å². The second-order valence-electron chi connectivity index (χ2n) is 5.30. The van der Waals surface area contributed by atoms with Crippen molar-refractivity contribution in [2.45, 2.75) is 24.3 Å². The quantitative estimate of drug-likeness (QED) is 0.848. The minimum absolute atomic E-state index is 0.0888. The maximum atomic E-state index is 13.0. The molecule has 0 saturated carbocycles. The predicted molar refractivity (Wildman–Crippen MR) is 78.4 cm³/mol. The van der Waals surface area contributed by atoms with Crippen LogP contribution in [0.2, 0.25) is 0 Å². The van der Waals surface area contributed by atoms with Crippen LogP contribution in [-0.4, -0.2) is 51.0 Å². The molecule has 0 aliphatic carbocycles. The molecule has 1 atom stereocenters. The van der Waals surface area contributed by atoms with E-state index in [0.29, 0.717) is 25.5 Å². The molecule has 8 heteroatoms. The first-order chi connectivity index (χ1) is 10.5. The van der Waals surface area contributed by atoms with Crippen LogP contribution in [0.15, 0.2) is 23.1 Å². The molecule has 1 amide bonds. The Balaban J connectivity index is 2.01. The second-order valence-corrected chi connectivity index (χ2v) is 7.16. The molecule has 0 radical (unpaired) electrons. The SMILES string of the molecule is CC1CC(=O)NCCN1S(=O)(=O)c1cccc2c1OCCO2. The zero-order valence-corrected chi connectivity index (χ0v) is 13.1. The second kappa shape index (κ2) is 5.77. The summed E-state index contributed by atoms with van der Waals surface area (Å²) in [6, 6.07) is 4.42. The van der Waals surface area contributed by atoms with Gasteiger partial charge >= 0.3 is 0 Å². The average Bonchev–Trinajstić information content (AvgIpc) is 2.67. The van der Waals surface area contributed by atoms with Gasteiger partial charge in [0.15, 0.2) is 11.5 Å². The number of benzene rings is 1. The lowest BCUT2D eigenvalue weighted by atomic mass is 10.2. The van der Waals surface area contributed by atoms with E-state index in [1.165, 1.54) is 10.4 Å². The molecule has 1 saturated heterocycles. The number of rotatable bonds is 2. The number of fused-ring (bicyclic) bond motifs is 1. The molecule has 1 fully saturated rings. The molecule has 1 aromatic rings. The molecule has 120 valence electrons. The Hall–Kier alpha value is -1.80. The molecule has 0 aromatic heterocycles. The highest BCUT2D eigenvalue weighted by atomic mass is 32.2. The topological polar surface area (TPSA) is 84.9 Å². The van der Waals surface area contributed by atoms with Crippen LogP contribution in [0.3, 0.4) is 0 Å². The van der Waals surface area contributed by atoms with Gasteiger partial charge in [0.25, 0.3) is 0 Å². The van der Waals surface area contributed by atoms with Crippen molar-refractivity contribution in [2.75, 3.05) is 26.3 Å². The van der Waals surface area contributed by atoms with Gasteiger partial charge in [-0.1, -0.05) is 6.07 Å². The maximum absolute atomic E-state index is 13.0. The zero-order chi connectivity index (χ0) is 15.7. The van der Waals surface area contributed by atoms with Gasteiger partial charge in [-0.3, -0.25) is 4.79 Å². The first kappa shape index (κ1) is 15.1. The molecule has 0 spiro atoms. The first-order valence-corrected chi connectivity index (χ1v) is 8.61. The lowest BCUT2D eigenvalue weighted by Crippen LogP contribution is -2.40. The van der Waals surface area contributed by atoms with Gasteiger partial charge < -0.3 is 14.8 Å². The summed E-state index contributed by atoms with van der Waals surface area (Å²) in [6.45, 7) is 2.98. The fraction of sp³-hybridized carbons (Fsp3) is 0.500. The normalized spacial score (nSPS) is 22.8. The summed E-state index contributed by atoms with van der Waals surface area (Å²) in [7, 11) is -3.76. The summed E-state index contributed by atoms with van der Waals surface area (Å²) in [5.74, 6) is 0.549. The van der Waals surface area contributed by atoms with Crippen molar-refractivity contribution in [3.05, 3.63) is 18.2 Å². The Morgan fingerprint density at radius 2 is 2.05 bits per heavy atom. The maximum Gasteiger partial charge on any atom is 0.247 e. The largest absolute Gasteiger partial charge is 0.486 e. The fourth-order valence-corrected chi connectivity index (χ4v) is 4.48. The van der Waals surface area contributed by atoms with Crippen LogP contribution < -0.4 is 14.8 Å². The fourth-order valence-electron chi connectivity index (χ4n) is 2.70. The summed E-state index contributed by atoms with van der Waals surface area (Å²) < 4.78 is 38.3. The molecule has 7 nitrogen and oxygen atoms in total. The third-order valence-electron chi connectivity index (χ3n) is 3.74. The van der Waals surface area contributed by atoms with E-state index < -0.39 is 16.1 Å². The van der Waals surface area contributed by atoms with Crippen molar-refractivity contribution in [3.63, 3.8) is 0 Å². The molecule has 1 N–H and O–H groups in total. The van der Waals surface area contributed by atoms with Gasteiger partial charge in [0.1, 0.15) is 18.1 Å². The molecule has 1 aromatic carbocycles. The number of sulfonamides is 1. The van der Waals surface area contributed by atoms with Crippen LogP contribution in [-0.2, 0) is 14.8 Å². The summed E-state index contributed by atoms with van der Waals surface area (Å²) >= 11 is 0. The standard InChI is InChI=1S/C14H18N2O5S/c1-10-9-13(17)15-5-6-16(10)22(18,19)12-4-2-3-11-14(12)21-8-7-20-11/h2-4,10H,5-9H2,1H3,(H,15,17). The number of carbonyl (C=O) groups excluding carboxylic acids is 1. The molecular formula is C14H18N2O5S. The van der Waals surface area contributed by atoms with Gasteiger partial charge in [0, 0.05) is 25.6 Å². The first-order valence-electron chi connectivity index (χ1n) is 7.17. The van der Waals surface area contributed by atoms with Gasteiger partial charge in [0.2, 0.25) is 15.9 Å². The van der Waals surface area contributed by atoms with E-state index in [2.05, 4.69) is 5.32 Å². The van der Waals surface area contributed by atoms with Crippen molar-refractivity contribution in [1.29, 1.82) is 0 Å². The molecular weight excluding hydrogens is 308 g/mol. The van der Waals surface area contributed by atoms with Crippen LogP contribution in [0.4, 0.5) is 0 Å². The lowest BCUT2D eigenvalue weighted by molar-refractivity contribution is -0.121. The number of para-hydroxylation sites is 1. The summed E-state index contributed by atoms with van der Waals surface area (Å²) in [4.78, 5) is 11.6. The predicted octanol–water partition coefficient (Wildman–Crippen LogP) is 0.357. The van der Waals surface area contributed by atoms with Crippen LogP contribution in [0.5, 0.6) is 11.5 Å². The lowest BCUT2D eigenvalue weighted by Gasteiger charge is -2.27. The molecule has 0 bridgehead atoms. The minimum Gasteiger partial charge on any atom is -0.486 e. The van der Waals surface area contributed by atoms with Gasteiger partial charge in [-0.05, 0) is 19.1 Å². The molecule has 1 unspecified atom stereocenters. The van der Waals surface area contributed by atoms with Crippen LogP contribution >= 0.6 is 0 Å². The Bertz CT molecular complexity index is 688. The highest BCUT2D eigenvalue weighted by Crippen LogP contribution is 2.38. The van der Waals surface area contributed by atoms with Gasteiger partial charge in [-0.2, -0.15) is 4.31 Å². The number of hydrogen-bond donors (Lipinski definition) is 1. The highest BCUT2D eigenvalue weighted by molar-refractivity contribution is 7.89. The average molecular weight is 326 g/mol. The molecule has 22 heavy (non-hydrogen) atoms. The number of carbonyl (C=O) groups is 1. The van der Waals surface area contributed by atoms with E-state index in [-0.39, 0.29) is 29.5 Å². The molecule has 3 rings (SSSR count). The van der Waals surface area contributed by atoms with E-state index in [9.17, 15) is 13.2 Å². The summed E-state index contributed by atoms with van der Waals surface area (Å²) in [5, 5.41) is 2.69. The highest BCUT2D eigenvalue weighted by Gasteiger charge is 2.35. The summed E-state index contributed by atoms with van der Waals surface area (Å²) in [6.07, 6.45) is 0.144. The third kappa shape index (κ3) is 2.64.